The molecular formula is C21H25Cl2N2O3+. The van der Waals surface area contributed by atoms with Crippen LogP contribution < -0.4 is 19.7 Å². The van der Waals surface area contributed by atoms with Crippen molar-refractivity contribution in [3.8, 4) is 11.5 Å². The van der Waals surface area contributed by atoms with Gasteiger partial charge in [-0.15, -0.1) is 0 Å². The third-order valence-electron chi connectivity index (χ3n) is 5.35. The Balaban J connectivity index is 1.82. The molecule has 5 nitrogen and oxygen atoms in total. The molecule has 1 fully saturated rings. The molecule has 0 bridgehead atoms. The molecule has 0 spiro atoms. The summed E-state index contributed by atoms with van der Waals surface area (Å²) >= 11 is 12.2. The summed E-state index contributed by atoms with van der Waals surface area (Å²) in [6.07, 6.45) is 2.02. The molecule has 0 aliphatic carbocycles. The zero-order valence-corrected chi connectivity index (χ0v) is 17.7. The van der Waals surface area contributed by atoms with Crippen LogP contribution in [0.5, 0.6) is 11.5 Å². The van der Waals surface area contributed by atoms with Crippen LogP contribution in [0.3, 0.4) is 0 Å². The first-order chi connectivity index (χ1) is 13.4. The van der Waals surface area contributed by atoms with Crippen LogP contribution in [0, 0.1) is 0 Å². The molecule has 1 unspecified atom stereocenters. The molecule has 1 amide bonds. The second kappa shape index (κ2) is 9.03. The van der Waals surface area contributed by atoms with Gasteiger partial charge in [0.15, 0.2) is 6.04 Å². The largest absolute Gasteiger partial charge is 0.497 e. The molecule has 1 aliphatic heterocycles. The monoisotopic (exact) mass is 423 g/mol. The van der Waals surface area contributed by atoms with Crippen molar-refractivity contribution < 1.29 is 19.2 Å². The maximum atomic E-state index is 12.9. The van der Waals surface area contributed by atoms with Crippen molar-refractivity contribution in [1.82, 2.24) is 0 Å². The lowest BCUT2D eigenvalue weighted by molar-refractivity contribution is -0.932. The molecule has 7 heteroatoms. The number of benzene rings is 2. The Morgan fingerprint density at radius 2 is 1.96 bits per heavy atom. The van der Waals surface area contributed by atoms with Crippen LogP contribution in [0.4, 0.5) is 5.69 Å². The van der Waals surface area contributed by atoms with Crippen molar-refractivity contribution in [2.24, 2.45) is 0 Å². The van der Waals surface area contributed by atoms with Crippen molar-refractivity contribution >= 4 is 34.8 Å². The number of anilines is 1. The average Bonchev–Trinajstić information content (AvgIpc) is 3.19. The molecule has 1 saturated heterocycles. The molecule has 3 rings (SSSR count). The van der Waals surface area contributed by atoms with E-state index in [0.717, 1.165) is 36.4 Å². The van der Waals surface area contributed by atoms with Crippen molar-refractivity contribution in [1.29, 1.82) is 0 Å². The molecule has 1 heterocycles. The van der Waals surface area contributed by atoms with Crippen LogP contribution in [-0.4, -0.2) is 32.7 Å². The number of amides is 1. The second-order valence-corrected chi connectivity index (χ2v) is 7.81. The predicted octanol–water partition coefficient (Wildman–Crippen LogP) is 3.76. The fourth-order valence-electron chi connectivity index (χ4n) is 3.86. The van der Waals surface area contributed by atoms with E-state index in [1.165, 1.54) is 4.90 Å². The zero-order chi connectivity index (χ0) is 20.3. The minimum absolute atomic E-state index is 0.0899. The predicted molar refractivity (Wildman–Crippen MR) is 112 cm³/mol. The Kier molecular flexibility index (Phi) is 6.70. The fraction of sp³-hybridized carbons (Fsp3) is 0.381. The number of carbonyl (C=O) groups is 1. The van der Waals surface area contributed by atoms with Crippen molar-refractivity contribution in [3.63, 3.8) is 0 Å². The Morgan fingerprint density at radius 3 is 2.68 bits per heavy atom. The van der Waals surface area contributed by atoms with Gasteiger partial charge in [-0.2, -0.15) is 0 Å². The highest BCUT2D eigenvalue weighted by atomic mass is 35.5. The van der Waals surface area contributed by atoms with Crippen molar-refractivity contribution in [2.75, 3.05) is 26.1 Å². The summed E-state index contributed by atoms with van der Waals surface area (Å²) in [4.78, 5) is 14.1. The minimum Gasteiger partial charge on any atom is -0.497 e. The van der Waals surface area contributed by atoms with Gasteiger partial charge in [0, 0.05) is 17.9 Å². The third kappa shape index (κ3) is 4.37. The standard InChI is InChI=1S/C21H24Cl2N2O3/c1-13(21(26)24-18-11-14(22)6-8-17(18)23)25-10-4-5-19(25)16-12-15(27-2)7-9-20(16)28-3/h6-9,11-13,19H,4-5,10H2,1-3H3,(H,24,26)/p+1/t13-,19-/m1/s1. The van der Waals surface area contributed by atoms with Crippen molar-refractivity contribution in [3.05, 3.63) is 52.0 Å². The molecule has 1 aliphatic rings. The van der Waals surface area contributed by atoms with E-state index in [1.807, 2.05) is 25.1 Å². The van der Waals surface area contributed by atoms with Gasteiger partial charge < -0.3 is 19.7 Å². The van der Waals surface area contributed by atoms with Crippen molar-refractivity contribution in [2.45, 2.75) is 31.8 Å². The molecule has 0 aromatic heterocycles. The Bertz CT molecular complexity index is 860. The number of carbonyl (C=O) groups excluding carboxylic acids is 1. The molecule has 3 atom stereocenters. The number of ether oxygens (including phenoxy) is 2. The lowest BCUT2D eigenvalue weighted by atomic mass is 10.0. The van der Waals surface area contributed by atoms with E-state index in [0.29, 0.717) is 15.7 Å². The van der Waals surface area contributed by atoms with E-state index in [9.17, 15) is 4.79 Å². The molecule has 150 valence electrons. The first-order valence-electron chi connectivity index (χ1n) is 9.28. The average molecular weight is 424 g/mol. The van der Waals surface area contributed by atoms with Gasteiger partial charge in [-0.3, -0.25) is 4.79 Å². The summed E-state index contributed by atoms with van der Waals surface area (Å²) in [7, 11) is 3.31. The smallest absolute Gasteiger partial charge is 0.282 e. The van der Waals surface area contributed by atoms with E-state index < -0.39 is 0 Å². The van der Waals surface area contributed by atoms with Gasteiger partial charge in [-0.05, 0) is 43.3 Å². The van der Waals surface area contributed by atoms with Crippen LogP contribution >= 0.6 is 23.2 Å². The first kappa shape index (κ1) is 20.8. The number of methoxy groups -OCH3 is 2. The maximum Gasteiger partial charge on any atom is 0.282 e. The van der Waals surface area contributed by atoms with E-state index in [4.69, 9.17) is 32.7 Å². The van der Waals surface area contributed by atoms with Gasteiger partial charge in [0.1, 0.15) is 17.5 Å². The number of hydrogen-bond acceptors (Lipinski definition) is 3. The molecule has 28 heavy (non-hydrogen) atoms. The van der Waals surface area contributed by atoms with Gasteiger partial charge in [-0.1, -0.05) is 23.2 Å². The van der Waals surface area contributed by atoms with E-state index >= 15 is 0 Å². The number of rotatable bonds is 6. The molecular weight excluding hydrogens is 399 g/mol. The number of hydrogen-bond donors (Lipinski definition) is 2. The van der Waals surface area contributed by atoms with E-state index in [2.05, 4.69) is 5.32 Å². The van der Waals surface area contributed by atoms with Gasteiger partial charge in [0.25, 0.3) is 5.91 Å². The lowest BCUT2D eigenvalue weighted by Gasteiger charge is -2.28. The Labute approximate surface area is 175 Å². The van der Waals surface area contributed by atoms with Crippen LogP contribution in [0.25, 0.3) is 0 Å². The number of likely N-dealkylation sites (tertiary alicyclic amines) is 1. The Hall–Kier alpha value is -1.95. The van der Waals surface area contributed by atoms with Crippen LogP contribution in [0.15, 0.2) is 36.4 Å². The highest BCUT2D eigenvalue weighted by molar-refractivity contribution is 6.35. The van der Waals surface area contributed by atoms with Gasteiger partial charge in [-0.25, -0.2) is 0 Å². The topological polar surface area (TPSA) is 52.0 Å². The minimum atomic E-state index is -0.265. The maximum absolute atomic E-state index is 12.9. The number of halogens is 2. The molecule has 2 aromatic rings. The summed E-state index contributed by atoms with van der Waals surface area (Å²) in [5.74, 6) is 1.51. The SMILES string of the molecule is COc1ccc(OC)c([C@H]2CCC[NH+]2[C@H](C)C(=O)Nc2cc(Cl)ccc2Cl)c1. The van der Waals surface area contributed by atoms with Crippen LogP contribution in [0.1, 0.15) is 31.4 Å². The van der Waals surface area contributed by atoms with Gasteiger partial charge >= 0.3 is 0 Å². The van der Waals surface area contributed by atoms with Gasteiger partial charge in [0.05, 0.1) is 37.0 Å². The first-order valence-corrected chi connectivity index (χ1v) is 10.0. The van der Waals surface area contributed by atoms with E-state index in [-0.39, 0.29) is 18.0 Å². The molecule has 0 radical (unpaired) electrons. The normalized spacial score (nSPS) is 19.9. The fourth-order valence-corrected chi connectivity index (χ4v) is 4.19. The summed E-state index contributed by atoms with van der Waals surface area (Å²) in [6.45, 7) is 2.84. The molecule has 2 N–H and O–H groups in total. The van der Waals surface area contributed by atoms with E-state index in [1.54, 1.807) is 32.4 Å². The quantitative estimate of drug-likeness (QED) is 0.743. The zero-order valence-electron chi connectivity index (χ0n) is 16.2. The summed E-state index contributed by atoms with van der Waals surface area (Å²) in [6, 6.07) is 10.7. The summed E-state index contributed by atoms with van der Waals surface area (Å²) in [5, 5.41) is 3.91. The molecule has 0 saturated carbocycles. The number of quaternary nitrogens is 1. The van der Waals surface area contributed by atoms with Gasteiger partial charge in [0.2, 0.25) is 0 Å². The highest BCUT2D eigenvalue weighted by Gasteiger charge is 2.38. The van der Waals surface area contributed by atoms with Crippen LogP contribution in [0.2, 0.25) is 10.0 Å². The summed E-state index contributed by atoms with van der Waals surface area (Å²) in [5.41, 5.74) is 1.59. The lowest BCUT2D eigenvalue weighted by Crippen LogP contribution is -3.15. The highest BCUT2D eigenvalue weighted by Crippen LogP contribution is 2.32. The third-order valence-corrected chi connectivity index (χ3v) is 5.92. The number of nitrogens with one attached hydrogen (secondary N) is 2. The second-order valence-electron chi connectivity index (χ2n) is 6.96. The molecule has 2 aromatic carbocycles. The summed E-state index contributed by atoms with van der Waals surface area (Å²) < 4.78 is 11.0. The Morgan fingerprint density at radius 1 is 1.18 bits per heavy atom. The van der Waals surface area contributed by atoms with Crippen LogP contribution in [-0.2, 0) is 4.79 Å².